The number of aldehydes is 1. The Balaban J connectivity index is 2.66. The van der Waals surface area contributed by atoms with Crippen molar-refractivity contribution < 1.29 is 14.3 Å². The zero-order valence-corrected chi connectivity index (χ0v) is 11.0. The average molecular weight is 249 g/mol. The highest BCUT2D eigenvalue weighted by Gasteiger charge is 2.17. The summed E-state index contributed by atoms with van der Waals surface area (Å²) in [6.45, 7) is 5.60. The van der Waals surface area contributed by atoms with Gasteiger partial charge in [0.2, 0.25) is 0 Å². The van der Waals surface area contributed by atoms with E-state index in [1.54, 1.807) is 31.2 Å². The summed E-state index contributed by atoms with van der Waals surface area (Å²) < 4.78 is 5.50. The predicted molar refractivity (Wildman–Crippen MR) is 69.8 cm³/mol. The van der Waals surface area contributed by atoms with Crippen molar-refractivity contribution in [1.82, 2.24) is 5.32 Å². The lowest BCUT2D eigenvalue weighted by atomic mass is 10.2. The minimum atomic E-state index is -0.625. The van der Waals surface area contributed by atoms with E-state index in [-0.39, 0.29) is 11.9 Å². The molecule has 1 N–H and O–H groups in total. The highest BCUT2D eigenvalue weighted by Crippen LogP contribution is 2.17. The lowest BCUT2D eigenvalue weighted by Crippen LogP contribution is -2.41. The predicted octanol–water partition coefficient (Wildman–Crippen LogP) is 2.18. The summed E-state index contributed by atoms with van der Waals surface area (Å²) >= 11 is 0. The maximum absolute atomic E-state index is 11.8. The number of carbonyl (C=O) groups is 2. The summed E-state index contributed by atoms with van der Waals surface area (Å²) in [5, 5.41) is 2.83. The molecular formula is C14H19NO3. The van der Waals surface area contributed by atoms with Gasteiger partial charge in [0.15, 0.2) is 12.4 Å². The standard InChI is InChI=1S/C14H19NO3/c1-4-10(2)15-14(17)11(3)18-13-8-6-5-7-12(13)9-16/h5-11H,4H2,1-3H3,(H,15,17). The van der Waals surface area contributed by atoms with Crippen LogP contribution in [0.4, 0.5) is 0 Å². The third-order valence-corrected chi connectivity index (χ3v) is 2.72. The third kappa shape index (κ3) is 3.87. The van der Waals surface area contributed by atoms with Crippen molar-refractivity contribution in [2.24, 2.45) is 0 Å². The molecule has 4 heteroatoms. The molecule has 1 amide bonds. The zero-order valence-electron chi connectivity index (χ0n) is 11.0. The largest absolute Gasteiger partial charge is 0.480 e. The molecule has 0 aromatic heterocycles. The van der Waals surface area contributed by atoms with Crippen molar-refractivity contribution in [2.75, 3.05) is 0 Å². The Bertz CT molecular complexity index is 417. The number of rotatable bonds is 6. The van der Waals surface area contributed by atoms with E-state index in [9.17, 15) is 9.59 Å². The van der Waals surface area contributed by atoms with Gasteiger partial charge in [-0.1, -0.05) is 19.1 Å². The van der Waals surface area contributed by atoms with Gasteiger partial charge >= 0.3 is 0 Å². The van der Waals surface area contributed by atoms with E-state index in [0.717, 1.165) is 6.42 Å². The molecule has 0 spiro atoms. The molecule has 0 saturated carbocycles. The molecule has 0 aliphatic carbocycles. The van der Waals surface area contributed by atoms with Gasteiger partial charge in [0.1, 0.15) is 5.75 Å². The molecule has 98 valence electrons. The number of amides is 1. The van der Waals surface area contributed by atoms with E-state index in [1.165, 1.54) is 0 Å². The number of nitrogens with one attached hydrogen (secondary N) is 1. The Morgan fingerprint density at radius 1 is 1.39 bits per heavy atom. The van der Waals surface area contributed by atoms with Crippen LogP contribution in [0.5, 0.6) is 5.75 Å². The number of benzene rings is 1. The molecule has 2 unspecified atom stereocenters. The molecule has 0 heterocycles. The van der Waals surface area contributed by atoms with Crippen LogP contribution in [0.15, 0.2) is 24.3 Å². The number of para-hydroxylation sites is 1. The monoisotopic (exact) mass is 249 g/mol. The summed E-state index contributed by atoms with van der Waals surface area (Å²) in [5.74, 6) is 0.254. The van der Waals surface area contributed by atoms with Crippen LogP contribution in [-0.4, -0.2) is 24.3 Å². The van der Waals surface area contributed by atoms with E-state index < -0.39 is 6.10 Å². The molecule has 2 atom stereocenters. The zero-order chi connectivity index (χ0) is 13.5. The van der Waals surface area contributed by atoms with Crippen LogP contribution in [-0.2, 0) is 4.79 Å². The minimum Gasteiger partial charge on any atom is -0.480 e. The van der Waals surface area contributed by atoms with Gasteiger partial charge in [-0.05, 0) is 32.4 Å². The van der Waals surface area contributed by atoms with Gasteiger partial charge in [0.05, 0.1) is 5.56 Å². The molecule has 1 rings (SSSR count). The molecule has 0 bridgehead atoms. The normalized spacial score (nSPS) is 13.5. The smallest absolute Gasteiger partial charge is 0.260 e. The fourth-order valence-corrected chi connectivity index (χ4v) is 1.39. The number of hydrogen-bond acceptors (Lipinski definition) is 3. The topological polar surface area (TPSA) is 55.4 Å². The summed E-state index contributed by atoms with van der Waals surface area (Å²) in [6, 6.07) is 6.96. The fraction of sp³-hybridized carbons (Fsp3) is 0.429. The van der Waals surface area contributed by atoms with Gasteiger partial charge in [-0.15, -0.1) is 0 Å². The third-order valence-electron chi connectivity index (χ3n) is 2.72. The fourth-order valence-electron chi connectivity index (χ4n) is 1.39. The first-order valence-corrected chi connectivity index (χ1v) is 6.09. The van der Waals surface area contributed by atoms with Crippen LogP contribution in [0, 0.1) is 0 Å². The van der Waals surface area contributed by atoms with Gasteiger partial charge in [-0.3, -0.25) is 9.59 Å². The van der Waals surface area contributed by atoms with Crippen LogP contribution < -0.4 is 10.1 Å². The molecule has 0 aliphatic rings. The van der Waals surface area contributed by atoms with E-state index in [2.05, 4.69) is 5.32 Å². The molecule has 0 radical (unpaired) electrons. The van der Waals surface area contributed by atoms with Gasteiger partial charge < -0.3 is 10.1 Å². The second-order valence-corrected chi connectivity index (χ2v) is 4.23. The molecular weight excluding hydrogens is 230 g/mol. The first-order valence-electron chi connectivity index (χ1n) is 6.09. The average Bonchev–Trinajstić information content (AvgIpc) is 2.39. The quantitative estimate of drug-likeness (QED) is 0.786. The van der Waals surface area contributed by atoms with Crippen molar-refractivity contribution in [3.63, 3.8) is 0 Å². The summed E-state index contributed by atoms with van der Waals surface area (Å²) in [6.07, 6.45) is 0.956. The molecule has 0 saturated heterocycles. The molecule has 0 fully saturated rings. The van der Waals surface area contributed by atoms with Gasteiger partial charge in [-0.25, -0.2) is 0 Å². The van der Waals surface area contributed by atoms with Gasteiger partial charge in [-0.2, -0.15) is 0 Å². The van der Waals surface area contributed by atoms with E-state index in [1.807, 2.05) is 13.8 Å². The van der Waals surface area contributed by atoms with Crippen molar-refractivity contribution in [1.29, 1.82) is 0 Å². The van der Waals surface area contributed by atoms with Crippen LogP contribution >= 0.6 is 0 Å². The molecule has 1 aromatic rings. The second-order valence-electron chi connectivity index (χ2n) is 4.23. The Morgan fingerprint density at radius 3 is 2.67 bits per heavy atom. The Labute approximate surface area is 107 Å². The number of ether oxygens (including phenoxy) is 1. The first-order chi connectivity index (χ1) is 8.58. The van der Waals surface area contributed by atoms with Crippen molar-refractivity contribution in [2.45, 2.75) is 39.3 Å². The Hall–Kier alpha value is -1.84. The molecule has 0 aliphatic heterocycles. The highest BCUT2D eigenvalue weighted by atomic mass is 16.5. The lowest BCUT2D eigenvalue weighted by molar-refractivity contribution is -0.127. The Morgan fingerprint density at radius 2 is 2.06 bits per heavy atom. The van der Waals surface area contributed by atoms with Crippen LogP contribution in [0.25, 0.3) is 0 Å². The summed E-state index contributed by atoms with van der Waals surface area (Å²) in [4.78, 5) is 22.6. The lowest BCUT2D eigenvalue weighted by Gasteiger charge is -2.18. The van der Waals surface area contributed by atoms with Gasteiger partial charge in [0, 0.05) is 6.04 Å². The maximum atomic E-state index is 11.8. The second kappa shape index (κ2) is 6.79. The van der Waals surface area contributed by atoms with Crippen LogP contribution in [0.3, 0.4) is 0 Å². The summed E-state index contributed by atoms with van der Waals surface area (Å²) in [7, 11) is 0. The van der Waals surface area contributed by atoms with E-state index in [4.69, 9.17) is 4.74 Å². The molecule has 1 aromatic carbocycles. The maximum Gasteiger partial charge on any atom is 0.260 e. The van der Waals surface area contributed by atoms with E-state index in [0.29, 0.717) is 17.6 Å². The first kappa shape index (κ1) is 14.2. The van der Waals surface area contributed by atoms with E-state index >= 15 is 0 Å². The highest BCUT2D eigenvalue weighted by molar-refractivity contribution is 5.82. The van der Waals surface area contributed by atoms with Crippen molar-refractivity contribution >= 4 is 12.2 Å². The van der Waals surface area contributed by atoms with Crippen molar-refractivity contribution in [3.05, 3.63) is 29.8 Å². The minimum absolute atomic E-state index is 0.116. The van der Waals surface area contributed by atoms with Gasteiger partial charge in [0.25, 0.3) is 5.91 Å². The SMILES string of the molecule is CCC(C)NC(=O)C(C)Oc1ccccc1C=O. The molecule has 18 heavy (non-hydrogen) atoms. The molecule has 4 nitrogen and oxygen atoms in total. The van der Waals surface area contributed by atoms with Crippen LogP contribution in [0.2, 0.25) is 0 Å². The Kier molecular flexibility index (Phi) is 5.36. The van der Waals surface area contributed by atoms with Crippen LogP contribution in [0.1, 0.15) is 37.6 Å². The number of hydrogen-bond donors (Lipinski definition) is 1. The van der Waals surface area contributed by atoms with Crippen molar-refractivity contribution in [3.8, 4) is 5.75 Å². The number of carbonyl (C=O) groups excluding carboxylic acids is 2. The summed E-state index contributed by atoms with van der Waals surface area (Å²) in [5.41, 5.74) is 0.445.